The Hall–Kier alpha value is -4.27. The number of hydrogen-bond donors (Lipinski definition) is 3. The van der Waals surface area contributed by atoms with Crippen molar-refractivity contribution >= 4 is 22.5 Å². The van der Waals surface area contributed by atoms with Crippen LogP contribution in [0.3, 0.4) is 0 Å². The Balaban J connectivity index is 1.51. The number of carbonyl (C=O) groups excluding carboxylic acids is 1. The maximum atomic E-state index is 12.2. The molecule has 5 aromatic rings. The summed E-state index contributed by atoms with van der Waals surface area (Å²) in [5.74, 6) is 0.341. The number of nitrogens with zero attached hydrogens (tertiary/aromatic N) is 4. The predicted molar refractivity (Wildman–Crippen MR) is 101 cm³/mol. The van der Waals surface area contributed by atoms with Crippen molar-refractivity contribution in [3.05, 3.63) is 66.8 Å². The summed E-state index contributed by atoms with van der Waals surface area (Å²) in [7, 11) is 0. The van der Waals surface area contributed by atoms with Gasteiger partial charge in [-0.25, -0.2) is 4.98 Å². The highest BCUT2D eigenvalue weighted by atomic mass is 16.5. The summed E-state index contributed by atoms with van der Waals surface area (Å²) in [6.45, 7) is 0. The van der Waals surface area contributed by atoms with Crippen molar-refractivity contribution in [3.8, 4) is 22.6 Å². The number of carbonyl (C=O) groups is 1. The predicted octanol–water partition coefficient (Wildman–Crippen LogP) is 3.26. The van der Waals surface area contributed by atoms with Gasteiger partial charge in [0.2, 0.25) is 0 Å². The van der Waals surface area contributed by atoms with Gasteiger partial charge in [-0.15, -0.1) is 0 Å². The average molecular weight is 371 g/mol. The van der Waals surface area contributed by atoms with E-state index in [1.165, 1.54) is 18.7 Å². The fourth-order valence-electron chi connectivity index (χ4n) is 2.99. The minimum atomic E-state index is -0.342. The van der Waals surface area contributed by atoms with Gasteiger partial charge in [0.1, 0.15) is 12.6 Å². The van der Waals surface area contributed by atoms with Gasteiger partial charge >= 0.3 is 0 Å². The van der Waals surface area contributed by atoms with E-state index in [4.69, 9.17) is 4.52 Å². The number of anilines is 1. The van der Waals surface area contributed by atoms with Crippen LogP contribution >= 0.6 is 0 Å². The molecule has 2 aromatic carbocycles. The van der Waals surface area contributed by atoms with E-state index in [0.29, 0.717) is 11.5 Å². The third-order valence-corrected chi connectivity index (χ3v) is 4.32. The SMILES string of the molecule is O=C(Nc1cccc(-c2n[nH]c3ccc(-c4ncn[nH]4)cc23)c1)c1ccon1. The average Bonchev–Trinajstić information content (AvgIpc) is 3.49. The molecule has 0 saturated heterocycles. The number of benzene rings is 2. The molecule has 9 heteroatoms. The van der Waals surface area contributed by atoms with E-state index < -0.39 is 0 Å². The van der Waals surface area contributed by atoms with Crippen molar-refractivity contribution in [3.63, 3.8) is 0 Å². The zero-order valence-electron chi connectivity index (χ0n) is 14.4. The molecule has 0 aliphatic rings. The molecule has 0 aliphatic carbocycles. The van der Waals surface area contributed by atoms with E-state index in [2.05, 4.69) is 35.9 Å². The lowest BCUT2D eigenvalue weighted by Gasteiger charge is -2.05. The largest absolute Gasteiger partial charge is 0.364 e. The van der Waals surface area contributed by atoms with Crippen molar-refractivity contribution in [2.24, 2.45) is 0 Å². The summed E-state index contributed by atoms with van der Waals surface area (Å²) in [4.78, 5) is 16.4. The first-order valence-corrected chi connectivity index (χ1v) is 8.44. The fourth-order valence-corrected chi connectivity index (χ4v) is 2.99. The number of rotatable bonds is 4. The summed E-state index contributed by atoms with van der Waals surface area (Å²) in [6, 6.07) is 14.8. The molecule has 136 valence electrons. The lowest BCUT2D eigenvalue weighted by Crippen LogP contribution is -2.12. The number of aromatic nitrogens is 6. The van der Waals surface area contributed by atoms with Crippen LogP contribution in [0.5, 0.6) is 0 Å². The van der Waals surface area contributed by atoms with Gasteiger partial charge in [0, 0.05) is 28.3 Å². The highest BCUT2D eigenvalue weighted by molar-refractivity contribution is 6.03. The second-order valence-corrected chi connectivity index (χ2v) is 6.09. The summed E-state index contributed by atoms with van der Waals surface area (Å²) in [6.07, 6.45) is 2.82. The van der Waals surface area contributed by atoms with E-state index in [1.807, 2.05) is 36.4 Å². The Morgan fingerprint density at radius 3 is 2.82 bits per heavy atom. The third kappa shape index (κ3) is 2.80. The first-order valence-electron chi connectivity index (χ1n) is 8.44. The summed E-state index contributed by atoms with van der Waals surface area (Å²) in [5.41, 5.74) is 4.28. The molecule has 3 N–H and O–H groups in total. The highest BCUT2D eigenvalue weighted by Gasteiger charge is 2.13. The monoisotopic (exact) mass is 371 g/mol. The normalized spacial score (nSPS) is 11.0. The highest BCUT2D eigenvalue weighted by Crippen LogP contribution is 2.30. The number of aromatic amines is 2. The minimum absolute atomic E-state index is 0.215. The van der Waals surface area contributed by atoms with Gasteiger partial charge in [0.15, 0.2) is 11.5 Å². The van der Waals surface area contributed by atoms with Crippen molar-refractivity contribution < 1.29 is 9.32 Å². The molecule has 0 unspecified atom stereocenters. The molecule has 3 heterocycles. The number of nitrogens with one attached hydrogen (secondary N) is 3. The molecule has 1 amide bonds. The molecule has 0 aliphatic heterocycles. The van der Waals surface area contributed by atoms with E-state index >= 15 is 0 Å². The maximum Gasteiger partial charge on any atom is 0.277 e. The molecule has 0 spiro atoms. The molecular weight excluding hydrogens is 358 g/mol. The smallest absolute Gasteiger partial charge is 0.277 e. The maximum absolute atomic E-state index is 12.2. The molecule has 0 radical (unpaired) electrons. The summed E-state index contributed by atoms with van der Waals surface area (Å²) < 4.78 is 4.71. The van der Waals surface area contributed by atoms with Crippen molar-refractivity contribution in [1.82, 2.24) is 30.5 Å². The van der Waals surface area contributed by atoms with E-state index in [-0.39, 0.29) is 11.6 Å². The van der Waals surface area contributed by atoms with Crippen LogP contribution in [0.25, 0.3) is 33.5 Å². The number of H-pyrrole nitrogens is 2. The first kappa shape index (κ1) is 15.9. The molecular formula is C19H13N7O2. The molecule has 0 bridgehead atoms. The number of fused-ring (bicyclic) bond motifs is 1. The van der Waals surface area contributed by atoms with Crippen molar-refractivity contribution in [2.75, 3.05) is 5.32 Å². The second-order valence-electron chi connectivity index (χ2n) is 6.09. The lowest BCUT2D eigenvalue weighted by molar-refractivity contribution is 0.101. The molecule has 3 aromatic heterocycles. The number of hydrogen-bond acceptors (Lipinski definition) is 6. The van der Waals surface area contributed by atoms with Gasteiger partial charge in [0.25, 0.3) is 5.91 Å². The molecule has 0 fully saturated rings. The summed E-state index contributed by atoms with van der Waals surface area (Å²) >= 11 is 0. The Morgan fingerprint density at radius 1 is 1.04 bits per heavy atom. The fraction of sp³-hybridized carbons (Fsp3) is 0. The van der Waals surface area contributed by atoms with Crippen LogP contribution < -0.4 is 5.32 Å². The van der Waals surface area contributed by atoms with Crippen LogP contribution in [0.1, 0.15) is 10.5 Å². The van der Waals surface area contributed by atoms with Gasteiger partial charge in [-0.05, 0) is 30.3 Å². The molecule has 0 saturated carbocycles. The van der Waals surface area contributed by atoms with Gasteiger partial charge in [-0.3, -0.25) is 15.0 Å². The van der Waals surface area contributed by atoms with Gasteiger partial charge in [-0.2, -0.15) is 10.2 Å². The third-order valence-electron chi connectivity index (χ3n) is 4.32. The first-order chi connectivity index (χ1) is 13.8. The second kappa shape index (κ2) is 6.47. The van der Waals surface area contributed by atoms with E-state index in [9.17, 15) is 4.79 Å². The van der Waals surface area contributed by atoms with Gasteiger partial charge < -0.3 is 9.84 Å². The minimum Gasteiger partial charge on any atom is -0.364 e. The zero-order valence-corrected chi connectivity index (χ0v) is 14.4. The Kier molecular flexibility index (Phi) is 3.68. The van der Waals surface area contributed by atoms with Crippen LogP contribution in [0, 0.1) is 0 Å². The van der Waals surface area contributed by atoms with Crippen LogP contribution in [0.15, 0.2) is 65.6 Å². The van der Waals surface area contributed by atoms with E-state index in [0.717, 1.165) is 27.7 Å². The van der Waals surface area contributed by atoms with Crippen LogP contribution in [-0.2, 0) is 0 Å². The Morgan fingerprint density at radius 2 is 2.00 bits per heavy atom. The molecule has 0 atom stereocenters. The van der Waals surface area contributed by atoms with Crippen LogP contribution in [0.4, 0.5) is 5.69 Å². The topological polar surface area (TPSA) is 125 Å². The Bertz CT molecular complexity index is 1260. The van der Waals surface area contributed by atoms with E-state index in [1.54, 1.807) is 6.07 Å². The van der Waals surface area contributed by atoms with Gasteiger partial charge in [-0.1, -0.05) is 17.3 Å². The quantitative estimate of drug-likeness (QED) is 0.445. The summed E-state index contributed by atoms with van der Waals surface area (Å²) in [5, 5.41) is 21.6. The molecule has 5 rings (SSSR count). The zero-order chi connectivity index (χ0) is 18.9. The Labute approximate surface area is 157 Å². The van der Waals surface area contributed by atoms with Crippen molar-refractivity contribution in [1.29, 1.82) is 0 Å². The van der Waals surface area contributed by atoms with Crippen molar-refractivity contribution in [2.45, 2.75) is 0 Å². The number of amides is 1. The molecule has 28 heavy (non-hydrogen) atoms. The van der Waals surface area contributed by atoms with Crippen LogP contribution in [-0.4, -0.2) is 36.4 Å². The van der Waals surface area contributed by atoms with Crippen LogP contribution in [0.2, 0.25) is 0 Å². The molecule has 9 nitrogen and oxygen atoms in total. The lowest BCUT2D eigenvalue weighted by atomic mass is 10.0. The van der Waals surface area contributed by atoms with Gasteiger partial charge in [0.05, 0.1) is 11.2 Å². The standard InChI is InChI=1S/C19H13N7O2/c27-19(16-6-7-28-26-16)22-13-3-1-2-11(8-13)17-14-9-12(18-20-10-21-25-18)4-5-15(14)23-24-17/h1-10H,(H,22,27)(H,23,24)(H,20,21,25).